The molecule has 2 heterocycles. The van der Waals surface area contributed by atoms with Crippen molar-refractivity contribution >= 4 is 10.9 Å². The van der Waals surface area contributed by atoms with Gasteiger partial charge in [-0.05, 0) is 69.3 Å². The number of rotatable bonds is 16. The van der Waals surface area contributed by atoms with Crippen LogP contribution in [0.15, 0.2) is 109 Å². The minimum Gasteiger partial charge on any atom is -0.305 e. The molecule has 0 spiro atoms. The third-order valence-corrected chi connectivity index (χ3v) is 12.6. The van der Waals surface area contributed by atoms with Crippen LogP contribution in [-0.4, -0.2) is 9.97 Å². The average molecular weight is 975 g/mol. The van der Waals surface area contributed by atoms with E-state index in [0.717, 1.165) is 28.0 Å². The molecule has 2 aromatic heterocycles. The van der Waals surface area contributed by atoms with E-state index in [-0.39, 0.29) is 36.4 Å². The summed E-state index contributed by atoms with van der Waals surface area (Å²) in [5.74, 6) is 0. The molecule has 4 aromatic carbocycles. The van der Waals surface area contributed by atoms with Crippen molar-refractivity contribution in [1.82, 2.24) is 9.97 Å². The summed E-state index contributed by atoms with van der Waals surface area (Å²) in [6.45, 7) is 18.3. The fraction of sp³-hybridized carbons (Fsp3) is 0.439. The van der Waals surface area contributed by atoms with Gasteiger partial charge < -0.3 is 4.98 Å². The van der Waals surface area contributed by atoms with Gasteiger partial charge in [-0.3, -0.25) is 4.98 Å². The van der Waals surface area contributed by atoms with Gasteiger partial charge in [0.2, 0.25) is 0 Å². The van der Waals surface area contributed by atoms with E-state index in [9.17, 15) is 0 Å². The molecular weight excluding hydrogens is 905 g/mol. The van der Waals surface area contributed by atoms with E-state index in [0.29, 0.717) is 0 Å². The molecule has 0 bridgehead atoms. The monoisotopic (exact) mass is 976 g/mol. The Hall–Kier alpha value is -3.91. The molecule has 1 radical (unpaired) electrons. The summed E-state index contributed by atoms with van der Waals surface area (Å²) in [4.78, 5) is 9.48. The van der Waals surface area contributed by atoms with E-state index in [1.54, 1.807) is 5.56 Å². The topological polar surface area (TPSA) is 25.8 Å². The van der Waals surface area contributed by atoms with E-state index in [4.69, 9.17) is 4.98 Å². The third-order valence-electron chi connectivity index (χ3n) is 12.6. The fourth-order valence-corrected chi connectivity index (χ4v) is 8.94. The van der Waals surface area contributed by atoms with Crippen molar-refractivity contribution in [2.24, 2.45) is 0 Å². The molecule has 0 unspecified atom stereocenters. The Balaban J connectivity index is 0.000000336. The minimum absolute atomic E-state index is 0. The van der Waals surface area contributed by atoms with Gasteiger partial charge in [0.15, 0.2) is 0 Å². The largest absolute Gasteiger partial charge is 0.305 e. The minimum atomic E-state index is 0. The van der Waals surface area contributed by atoms with Crippen LogP contribution in [0.4, 0.5) is 0 Å². The summed E-state index contributed by atoms with van der Waals surface area (Å²) in [6, 6.07) is 44.1. The second-order valence-corrected chi connectivity index (χ2v) is 19.1. The molecule has 60 heavy (non-hydrogen) atoms. The molecule has 2 nitrogen and oxygen atoms in total. The predicted octanol–water partition coefficient (Wildman–Crippen LogP) is 16.6. The molecule has 7 rings (SSSR count). The van der Waals surface area contributed by atoms with E-state index >= 15 is 0 Å². The van der Waals surface area contributed by atoms with Crippen LogP contribution in [0, 0.1) is 12.1 Å². The number of unbranched alkanes of at least 4 members (excludes halogenated alkanes) is 10. The van der Waals surface area contributed by atoms with E-state index in [1.807, 2.05) is 30.5 Å². The van der Waals surface area contributed by atoms with Gasteiger partial charge in [0.1, 0.15) is 0 Å². The maximum absolute atomic E-state index is 5.09. The van der Waals surface area contributed by atoms with Crippen LogP contribution in [0.25, 0.3) is 44.5 Å². The first kappa shape index (κ1) is 47.1. The van der Waals surface area contributed by atoms with E-state index in [2.05, 4.69) is 151 Å². The molecule has 0 saturated carbocycles. The van der Waals surface area contributed by atoms with Crippen LogP contribution in [0.3, 0.4) is 0 Å². The molecule has 0 aliphatic heterocycles. The van der Waals surface area contributed by atoms with Crippen molar-refractivity contribution in [2.45, 2.75) is 162 Å². The van der Waals surface area contributed by atoms with Crippen molar-refractivity contribution < 1.29 is 20.1 Å². The molecule has 0 atom stereocenters. The quantitative estimate of drug-likeness (QED) is 0.0713. The van der Waals surface area contributed by atoms with E-state index < -0.39 is 0 Å². The molecule has 1 aliphatic carbocycles. The molecule has 1 aliphatic rings. The molecule has 0 fully saturated rings. The SMILES string of the molecule is CC(C)(C)c1ccnc(-c2[c-]cccc2)c1.CCCCCCCCC1(CCCCCCCC)c2cc(-c3ccc4ccccc4n3)[c-]cc2-c2ccc(C(C)(C)C)cc21.[Ir]. The average Bonchev–Trinajstić information content (AvgIpc) is 3.51. The standard InChI is InChI=1S/C42H54N.C15H16N.Ir/c1-6-8-10-12-14-18-28-42(29-19-15-13-11-9-7-2)37-30-33(40-27-23-32-20-16-17-21-39(32)43-40)22-25-35(37)36-26-24-34(31-38(36)42)41(3,4)5;1-15(2,3)13-9-10-16-14(11-13)12-7-5-4-6-8-12;/h16-17,20-21,23-27,30-31H,6-15,18-19,28-29H2,1-5H3;4-7,9-11H,1-3H3;/q2*-1;. The maximum Gasteiger partial charge on any atom is 0.0595 e. The Morgan fingerprint density at radius 1 is 0.533 bits per heavy atom. The van der Waals surface area contributed by atoms with Gasteiger partial charge in [-0.1, -0.05) is 198 Å². The van der Waals surface area contributed by atoms with Crippen LogP contribution in [-0.2, 0) is 36.4 Å². The van der Waals surface area contributed by atoms with Gasteiger partial charge >= 0.3 is 0 Å². The Morgan fingerprint density at radius 2 is 1.15 bits per heavy atom. The molecule has 0 N–H and O–H groups in total. The number of hydrogen-bond acceptors (Lipinski definition) is 2. The number of nitrogens with zero attached hydrogens (tertiary/aromatic N) is 2. The van der Waals surface area contributed by atoms with Crippen LogP contribution < -0.4 is 0 Å². The van der Waals surface area contributed by atoms with Crippen molar-refractivity contribution in [3.8, 4) is 33.6 Å². The van der Waals surface area contributed by atoms with Gasteiger partial charge in [-0.15, -0.1) is 65.2 Å². The van der Waals surface area contributed by atoms with Crippen LogP contribution in [0.2, 0.25) is 0 Å². The number of para-hydroxylation sites is 1. The zero-order chi connectivity index (χ0) is 41.9. The van der Waals surface area contributed by atoms with Crippen molar-refractivity contribution in [3.05, 3.63) is 144 Å². The third kappa shape index (κ3) is 11.7. The first-order chi connectivity index (χ1) is 28.4. The van der Waals surface area contributed by atoms with Crippen LogP contribution in [0.1, 0.15) is 168 Å². The predicted molar refractivity (Wildman–Crippen MR) is 254 cm³/mol. The van der Waals surface area contributed by atoms with Gasteiger partial charge in [-0.2, -0.15) is 0 Å². The summed E-state index contributed by atoms with van der Waals surface area (Å²) in [5.41, 5.74) is 14.3. The molecule has 3 heteroatoms. The Morgan fingerprint density at radius 3 is 1.80 bits per heavy atom. The number of fused-ring (bicyclic) bond motifs is 4. The normalized spacial score (nSPS) is 12.9. The molecular formula is C57H70IrN2-2. The summed E-state index contributed by atoms with van der Waals surface area (Å²) in [5, 5.41) is 1.19. The summed E-state index contributed by atoms with van der Waals surface area (Å²) in [6.07, 6.45) is 20.4. The van der Waals surface area contributed by atoms with Gasteiger partial charge in [0.05, 0.1) is 5.52 Å². The zero-order valence-electron chi connectivity index (χ0n) is 38.0. The molecule has 319 valence electrons. The summed E-state index contributed by atoms with van der Waals surface area (Å²) in [7, 11) is 0. The number of aromatic nitrogens is 2. The summed E-state index contributed by atoms with van der Waals surface area (Å²) < 4.78 is 0. The Bertz CT molecular complexity index is 2220. The van der Waals surface area contributed by atoms with Crippen molar-refractivity contribution in [3.63, 3.8) is 0 Å². The maximum atomic E-state index is 5.09. The summed E-state index contributed by atoms with van der Waals surface area (Å²) >= 11 is 0. The number of pyridine rings is 2. The Labute approximate surface area is 377 Å². The molecule has 6 aromatic rings. The first-order valence-corrected chi connectivity index (χ1v) is 23.0. The van der Waals surface area contributed by atoms with Crippen molar-refractivity contribution in [2.75, 3.05) is 0 Å². The van der Waals surface area contributed by atoms with Crippen molar-refractivity contribution in [1.29, 1.82) is 0 Å². The fourth-order valence-electron chi connectivity index (χ4n) is 8.94. The second kappa shape index (κ2) is 21.7. The molecule has 0 saturated heterocycles. The first-order valence-electron chi connectivity index (χ1n) is 23.0. The smallest absolute Gasteiger partial charge is 0.0595 e. The van der Waals surface area contributed by atoms with Crippen LogP contribution >= 0.6 is 0 Å². The zero-order valence-corrected chi connectivity index (χ0v) is 40.4. The second-order valence-electron chi connectivity index (χ2n) is 19.1. The van der Waals surface area contributed by atoms with Gasteiger partial charge in [-0.25, -0.2) is 0 Å². The van der Waals surface area contributed by atoms with E-state index in [1.165, 1.54) is 123 Å². The van der Waals surface area contributed by atoms with Crippen LogP contribution in [0.5, 0.6) is 0 Å². The molecule has 0 amide bonds. The number of hydrogen-bond donors (Lipinski definition) is 0. The van der Waals surface area contributed by atoms with Gasteiger partial charge in [0, 0.05) is 31.7 Å². The van der Waals surface area contributed by atoms with Gasteiger partial charge in [0.25, 0.3) is 0 Å². The number of benzene rings is 4. The Kier molecular flexibility index (Phi) is 17.1.